The van der Waals surface area contributed by atoms with Crippen LogP contribution in [0.1, 0.15) is 5.56 Å². The Morgan fingerprint density at radius 2 is 1.76 bits per heavy atom. The van der Waals surface area contributed by atoms with Crippen molar-refractivity contribution in [1.29, 1.82) is 0 Å². The molecule has 94 valence electrons. The Kier molecular flexibility index (Phi) is 5.91. The number of hydrogen-bond acceptors (Lipinski definition) is 4. The van der Waals surface area contributed by atoms with Crippen LogP contribution in [-0.4, -0.2) is 25.2 Å². The van der Waals surface area contributed by atoms with Crippen molar-refractivity contribution in [3.63, 3.8) is 0 Å². The van der Waals surface area contributed by atoms with Crippen LogP contribution >= 0.6 is 12.4 Å². The fourth-order valence-corrected chi connectivity index (χ4v) is 1.19. The standard InChI is InChI=1S/C11H13NO4.ClH/c1-15-8-5-7(3-4-10(12)13)6-9(16-2)11(8)14;/h3-6,14H,1-2H3,(H2,12,13);1H/b4-3+;. The van der Waals surface area contributed by atoms with E-state index in [1.54, 1.807) is 12.1 Å². The number of primary amides is 1. The largest absolute Gasteiger partial charge is 0.502 e. The van der Waals surface area contributed by atoms with Gasteiger partial charge >= 0.3 is 0 Å². The molecular formula is C11H14ClNO4. The summed E-state index contributed by atoms with van der Waals surface area (Å²) < 4.78 is 9.91. The minimum absolute atomic E-state index is 0. The molecule has 0 atom stereocenters. The first-order valence-corrected chi connectivity index (χ1v) is 4.51. The second-order valence-electron chi connectivity index (χ2n) is 3.01. The summed E-state index contributed by atoms with van der Waals surface area (Å²) in [6.07, 6.45) is 2.72. The van der Waals surface area contributed by atoms with Crippen LogP contribution in [0.4, 0.5) is 0 Å². The molecule has 0 heterocycles. The number of rotatable bonds is 4. The summed E-state index contributed by atoms with van der Waals surface area (Å²) in [6, 6.07) is 3.13. The van der Waals surface area contributed by atoms with Crippen LogP contribution in [0.5, 0.6) is 17.2 Å². The lowest BCUT2D eigenvalue weighted by Crippen LogP contribution is -2.05. The lowest BCUT2D eigenvalue weighted by atomic mass is 10.1. The van der Waals surface area contributed by atoms with Gasteiger partial charge in [0, 0.05) is 6.08 Å². The molecule has 0 saturated carbocycles. The molecule has 0 spiro atoms. The molecule has 17 heavy (non-hydrogen) atoms. The van der Waals surface area contributed by atoms with Gasteiger partial charge in [-0.2, -0.15) is 0 Å². The number of hydrogen-bond donors (Lipinski definition) is 2. The maximum Gasteiger partial charge on any atom is 0.241 e. The fourth-order valence-electron chi connectivity index (χ4n) is 1.19. The Morgan fingerprint density at radius 3 is 2.12 bits per heavy atom. The SMILES string of the molecule is COc1cc(/C=C/C(N)=O)cc(OC)c1O.Cl. The van der Waals surface area contributed by atoms with E-state index >= 15 is 0 Å². The van der Waals surface area contributed by atoms with E-state index in [4.69, 9.17) is 15.2 Å². The molecule has 5 nitrogen and oxygen atoms in total. The smallest absolute Gasteiger partial charge is 0.241 e. The number of carbonyl (C=O) groups is 1. The van der Waals surface area contributed by atoms with E-state index in [2.05, 4.69) is 0 Å². The number of benzene rings is 1. The maximum atomic E-state index is 10.6. The summed E-state index contributed by atoms with van der Waals surface area (Å²) in [5.41, 5.74) is 5.62. The van der Waals surface area contributed by atoms with Crippen molar-refractivity contribution in [1.82, 2.24) is 0 Å². The highest BCUT2D eigenvalue weighted by atomic mass is 35.5. The Labute approximate surface area is 105 Å². The number of aromatic hydroxyl groups is 1. The van der Waals surface area contributed by atoms with Crippen LogP contribution in [0.2, 0.25) is 0 Å². The first kappa shape index (κ1) is 15.1. The summed E-state index contributed by atoms with van der Waals surface area (Å²) >= 11 is 0. The van der Waals surface area contributed by atoms with Crippen molar-refractivity contribution in [2.75, 3.05) is 14.2 Å². The number of amides is 1. The number of phenolic OH excluding ortho intramolecular Hbond substituents is 1. The van der Waals surface area contributed by atoms with E-state index in [0.717, 1.165) is 0 Å². The monoisotopic (exact) mass is 259 g/mol. The molecule has 0 saturated heterocycles. The lowest BCUT2D eigenvalue weighted by Gasteiger charge is -2.09. The quantitative estimate of drug-likeness (QED) is 0.800. The number of ether oxygens (including phenoxy) is 2. The molecule has 1 aromatic rings. The second kappa shape index (κ2) is 6.65. The second-order valence-corrected chi connectivity index (χ2v) is 3.01. The maximum absolute atomic E-state index is 10.6. The number of methoxy groups -OCH3 is 2. The number of phenols is 1. The van der Waals surface area contributed by atoms with E-state index < -0.39 is 5.91 Å². The van der Waals surface area contributed by atoms with Crippen LogP contribution in [0.25, 0.3) is 6.08 Å². The third-order valence-electron chi connectivity index (χ3n) is 1.94. The molecule has 1 amide bonds. The van der Waals surface area contributed by atoms with Crippen LogP contribution in [0.15, 0.2) is 18.2 Å². The van der Waals surface area contributed by atoms with Crippen LogP contribution in [-0.2, 0) is 4.79 Å². The van der Waals surface area contributed by atoms with E-state index in [1.807, 2.05) is 0 Å². The summed E-state index contributed by atoms with van der Waals surface area (Å²) in [6.45, 7) is 0. The van der Waals surface area contributed by atoms with Crippen LogP contribution < -0.4 is 15.2 Å². The first-order valence-electron chi connectivity index (χ1n) is 4.51. The first-order chi connectivity index (χ1) is 7.58. The third-order valence-corrected chi connectivity index (χ3v) is 1.94. The molecule has 0 bridgehead atoms. The van der Waals surface area contributed by atoms with Gasteiger partial charge in [0.15, 0.2) is 11.5 Å². The highest BCUT2D eigenvalue weighted by Crippen LogP contribution is 2.37. The zero-order valence-electron chi connectivity index (χ0n) is 9.47. The minimum Gasteiger partial charge on any atom is -0.502 e. The average molecular weight is 260 g/mol. The number of halogens is 1. The third kappa shape index (κ3) is 3.88. The van der Waals surface area contributed by atoms with Gasteiger partial charge in [-0.3, -0.25) is 4.79 Å². The van der Waals surface area contributed by atoms with Crippen LogP contribution in [0.3, 0.4) is 0 Å². The number of carbonyl (C=O) groups excluding carboxylic acids is 1. The van der Waals surface area contributed by atoms with Gasteiger partial charge in [-0.05, 0) is 23.8 Å². The van der Waals surface area contributed by atoms with Gasteiger partial charge in [-0.15, -0.1) is 12.4 Å². The molecular weight excluding hydrogens is 246 g/mol. The van der Waals surface area contributed by atoms with E-state index in [9.17, 15) is 9.90 Å². The predicted octanol–water partition coefficient (Wildman–Crippen LogP) is 1.33. The molecule has 0 fully saturated rings. The van der Waals surface area contributed by atoms with Crippen LogP contribution in [0, 0.1) is 0 Å². The zero-order chi connectivity index (χ0) is 12.1. The summed E-state index contributed by atoms with van der Waals surface area (Å²) in [5, 5.41) is 9.62. The molecule has 0 aliphatic carbocycles. The van der Waals surface area contributed by atoms with Crippen molar-refractivity contribution in [3.8, 4) is 17.2 Å². The fraction of sp³-hybridized carbons (Fsp3) is 0.182. The van der Waals surface area contributed by atoms with Gasteiger partial charge in [0.2, 0.25) is 11.7 Å². The molecule has 0 aliphatic rings. The summed E-state index contributed by atoms with van der Waals surface area (Å²) in [4.78, 5) is 10.6. The predicted molar refractivity (Wildman–Crippen MR) is 66.7 cm³/mol. The average Bonchev–Trinajstić information content (AvgIpc) is 2.27. The Balaban J connectivity index is 0.00000256. The van der Waals surface area contributed by atoms with E-state index in [0.29, 0.717) is 5.56 Å². The summed E-state index contributed by atoms with van der Waals surface area (Å²) in [5.74, 6) is -0.0980. The Morgan fingerprint density at radius 1 is 1.29 bits per heavy atom. The van der Waals surface area contributed by atoms with Gasteiger partial charge in [-0.1, -0.05) is 0 Å². The molecule has 6 heteroatoms. The van der Waals surface area contributed by atoms with Crippen molar-refractivity contribution in [2.24, 2.45) is 5.73 Å². The molecule has 0 aromatic heterocycles. The molecule has 0 unspecified atom stereocenters. The highest BCUT2D eigenvalue weighted by Gasteiger charge is 2.09. The topological polar surface area (TPSA) is 81.8 Å². The normalized spacial score (nSPS) is 9.76. The minimum atomic E-state index is -0.550. The van der Waals surface area contributed by atoms with Crippen molar-refractivity contribution in [2.45, 2.75) is 0 Å². The van der Waals surface area contributed by atoms with Gasteiger partial charge in [0.25, 0.3) is 0 Å². The molecule has 1 aromatic carbocycles. The number of nitrogens with two attached hydrogens (primary N) is 1. The van der Waals surface area contributed by atoms with Crippen molar-refractivity contribution < 1.29 is 19.4 Å². The molecule has 1 rings (SSSR count). The summed E-state index contributed by atoms with van der Waals surface area (Å²) in [7, 11) is 2.85. The van der Waals surface area contributed by atoms with Gasteiger partial charge in [0.05, 0.1) is 14.2 Å². The van der Waals surface area contributed by atoms with Gasteiger partial charge < -0.3 is 20.3 Å². The van der Waals surface area contributed by atoms with Gasteiger partial charge in [0.1, 0.15) is 0 Å². The van der Waals surface area contributed by atoms with E-state index in [1.165, 1.54) is 26.4 Å². The Hall–Kier alpha value is -1.88. The highest BCUT2D eigenvalue weighted by molar-refractivity contribution is 5.90. The zero-order valence-corrected chi connectivity index (χ0v) is 10.3. The molecule has 0 aliphatic heterocycles. The van der Waals surface area contributed by atoms with E-state index in [-0.39, 0.29) is 29.7 Å². The molecule has 3 N–H and O–H groups in total. The van der Waals surface area contributed by atoms with Gasteiger partial charge in [-0.25, -0.2) is 0 Å². The lowest BCUT2D eigenvalue weighted by molar-refractivity contribution is -0.113. The Bertz CT molecular complexity index is 406. The van der Waals surface area contributed by atoms with Crippen molar-refractivity contribution >= 4 is 24.4 Å². The van der Waals surface area contributed by atoms with Crippen molar-refractivity contribution in [3.05, 3.63) is 23.8 Å². The molecule has 0 radical (unpaired) electrons.